The number of phenols is 1. The fraction of sp³-hybridized carbons (Fsp3) is 0.286. The number of hydrogen-bond donors (Lipinski definition) is 1. The van der Waals surface area contributed by atoms with E-state index in [9.17, 15) is 5.11 Å². The average Bonchev–Trinajstić information content (AvgIpc) is 2.85. The van der Waals surface area contributed by atoms with E-state index in [-0.39, 0.29) is 11.9 Å². The van der Waals surface area contributed by atoms with E-state index >= 15 is 0 Å². The van der Waals surface area contributed by atoms with E-state index in [1.54, 1.807) is 12.1 Å². The molecule has 0 bridgehead atoms. The van der Waals surface area contributed by atoms with Crippen molar-refractivity contribution in [3.63, 3.8) is 0 Å². The van der Waals surface area contributed by atoms with Gasteiger partial charge in [-0.25, -0.2) is 0 Å². The number of nitrogens with zero attached hydrogens (tertiary/aromatic N) is 1. The zero-order chi connectivity index (χ0) is 21.8. The highest BCUT2D eigenvalue weighted by atomic mass is 16.5. The number of hydrogen-bond acceptors (Lipinski definition) is 4. The maximum absolute atomic E-state index is 9.92. The van der Waals surface area contributed by atoms with Crippen LogP contribution in [-0.4, -0.2) is 36.2 Å². The van der Waals surface area contributed by atoms with Crippen LogP contribution in [0.15, 0.2) is 72.8 Å². The molecule has 0 radical (unpaired) electrons. The van der Waals surface area contributed by atoms with Crippen LogP contribution >= 0.6 is 0 Å². The molecule has 2 aliphatic heterocycles. The van der Waals surface area contributed by atoms with Crippen molar-refractivity contribution in [1.29, 1.82) is 0 Å². The van der Waals surface area contributed by atoms with Crippen molar-refractivity contribution in [3.05, 3.63) is 89.5 Å². The third-order valence-electron chi connectivity index (χ3n) is 6.25. The molecule has 1 unspecified atom stereocenters. The van der Waals surface area contributed by atoms with Crippen molar-refractivity contribution < 1.29 is 14.6 Å². The van der Waals surface area contributed by atoms with Gasteiger partial charge in [0.2, 0.25) is 0 Å². The number of likely N-dealkylation sites (tertiary alicyclic amines) is 1. The third kappa shape index (κ3) is 4.66. The highest BCUT2D eigenvalue weighted by Gasteiger charge is 2.26. The van der Waals surface area contributed by atoms with Crippen molar-refractivity contribution in [3.8, 4) is 17.2 Å². The lowest BCUT2D eigenvalue weighted by molar-refractivity contribution is 0.183. The molecule has 3 aromatic carbocycles. The summed E-state index contributed by atoms with van der Waals surface area (Å²) < 4.78 is 12.4. The van der Waals surface area contributed by atoms with E-state index in [0.717, 1.165) is 34.6 Å². The first-order chi connectivity index (χ1) is 15.8. The van der Waals surface area contributed by atoms with E-state index in [1.807, 2.05) is 36.4 Å². The van der Waals surface area contributed by atoms with Crippen molar-refractivity contribution in [2.75, 3.05) is 26.2 Å². The predicted molar refractivity (Wildman–Crippen MR) is 128 cm³/mol. The smallest absolute Gasteiger partial charge is 0.149 e. The summed E-state index contributed by atoms with van der Waals surface area (Å²) in [6, 6.07) is 23.8. The van der Waals surface area contributed by atoms with Crippen molar-refractivity contribution >= 4 is 11.6 Å². The highest BCUT2D eigenvalue weighted by Crippen LogP contribution is 2.43. The summed E-state index contributed by atoms with van der Waals surface area (Å²) in [6.45, 7) is 4.07. The average molecular weight is 428 g/mol. The van der Waals surface area contributed by atoms with Crippen molar-refractivity contribution in [2.24, 2.45) is 0 Å². The Morgan fingerprint density at radius 2 is 1.69 bits per heavy atom. The quantitative estimate of drug-likeness (QED) is 0.529. The van der Waals surface area contributed by atoms with Gasteiger partial charge in [-0.2, -0.15) is 0 Å². The van der Waals surface area contributed by atoms with Crippen LogP contribution in [0.25, 0.3) is 11.6 Å². The van der Waals surface area contributed by atoms with E-state index in [0.29, 0.717) is 12.4 Å². The number of phenolic OH excluding ortho intramolecular Hbond substituents is 1. The minimum absolute atomic E-state index is 0.205. The molecule has 2 heterocycles. The second-order valence-corrected chi connectivity index (χ2v) is 8.51. The molecule has 0 aliphatic carbocycles. The van der Waals surface area contributed by atoms with Gasteiger partial charge in [-0.3, -0.25) is 4.90 Å². The van der Waals surface area contributed by atoms with Crippen LogP contribution in [0.3, 0.4) is 0 Å². The van der Waals surface area contributed by atoms with Crippen LogP contribution in [0, 0.1) is 0 Å². The molecule has 1 N–H and O–H groups in total. The van der Waals surface area contributed by atoms with Gasteiger partial charge in [0.1, 0.15) is 30.0 Å². The summed E-state index contributed by atoms with van der Waals surface area (Å²) in [5.74, 6) is 1.78. The summed E-state index contributed by atoms with van der Waals surface area (Å²) in [5, 5.41) is 9.92. The van der Waals surface area contributed by atoms with E-state index < -0.39 is 0 Å². The standard InChI is InChI=1S/C28H29NO3/c30-24-12-9-23-19-26(21-7-3-1-4-8-21)28(32-27(23)20-24)22-10-13-25(14-11-22)31-18-17-29-15-5-2-6-16-29/h1,3-4,7-14,19-20,28,30H,2,5-6,15-18H2. The van der Waals surface area contributed by atoms with Crippen LogP contribution in [-0.2, 0) is 0 Å². The maximum atomic E-state index is 9.92. The van der Waals surface area contributed by atoms with Gasteiger partial charge in [0.25, 0.3) is 0 Å². The fourth-order valence-corrected chi connectivity index (χ4v) is 4.51. The Balaban J connectivity index is 1.34. The number of benzene rings is 3. The first-order valence-electron chi connectivity index (χ1n) is 11.5. The molecule has 5 rings (SSSR count). The van der Waals surface area contributed by atoms with Crippen molar-refractivity contribution in [1.82, 2.24) is 4.90 Å². The summed E-state index contributed by atoms with van der Waals surface area (Å²) in [7, 11) is 0. The Labute approximate surface area is 189 Å². The van der Waals surface area contributed by atoms with Gasteiger partial charge in [0.15, 0.2) is 0 Å². The first-order valence-corrected chi connectivity index (χ1v) is 11.5. The fourth-order valence-electron chi connectivity index (χ4n) is 4.51. The monoisotopic (exact) mass is 427 g/mol. The number of aromatic hydroxyl groups is 1. The van der Waals surface area contributed by atoms with Gasteiger partial charge in [0.05, 0.1) is 0 Å². The molecule has 1 atom stereocenters. The lowest BCUT2D eigenvalue weighted by Crippen LogP contribution is -2.33. The molecule has 2 aliphatic rings. The maximum Gasteiger partial charge on any atom is 0.149 e. The van der Waals surface area contributed by atoms with Crippen LogP contribution < -0.4 is 9.47 Å². The van der Waals surface area contributed by atoms with E-state index in [4.69, 9.17) is 9.47 Å². The molecule has 32 heavy (non-hydrogen) atoms. The second-order valence-electron chi connectivity index (χ2n) is 8.51. The molecular weight excluding hydrogens is 398 g/mol. The topological polar surface area (TPSA) is 41.9 Å². The lowest BCUT2D eigenvalue weighted by atomic mass is 9.91. The van der Waals surface area contributed by atoms with Crippen LogP contribution in [0.5, 0.6) is 17.2 Å². The van der Waals surface area contributed by atoms with Gasteiger partial charge in [-0.05, 0) is 67.4 Å². The van der Waals surface area contributed by atoms with E-state index in [1.165, 1.54) is 32.4 Å². The largest absolute Gasteiger partial charge is 0.508 e. The van der Waals surface area contributed by atoms with Gasteiger partial charge in [0, 0.05) is 23.7 Å². The molecule has 1 fully saturated rings. The lowest BCUT2D eigenvalue weighted by Gasteiger charge is -2.28. The third-order valence-corrected chi connectivity index (χ3v) is 6.25. The minimum atomic E-state index is -0.255. The molecule has 0 amide bonds. The highest BCUT2D eigenvalue weighted by molar-refractivity contribution is 5.88. The predicted octanol–water partition coefficient (Wildman–Crippen LogP) is 5.93. The SMILES string of the molecule is Oc1ccc2c(c1)OC(c1ccc(OCCN3CCCCC3)cc1)C(c1ccccc1)=C2. The molecule has 1 saturated heterocycles. The summed E-state index contributed by atoms with van der Waals surface area (Å²) in [6.07, 6.45) is 5.85. The number of rotatable bonds is 6. The van der Waals surface area contributed by atoms with E-state index in [2.05, 4.69) is 35.2 Å². The Hall–Kier alpha value is -3.24. The molecule has 4 nitrogen and oxygen atoms in total. The van der Waals surface area contributed by atoms with Crippen LogP contribution in [0.4, 0.5) is 0 Å². The zero-order valence-electron chi connectivity index (χ0n) is 18.2. The van der Waals surface area contributed by atoms with Gasteiger partial charge in [-0.1, -0.05) is 48.9 Å². The normalized spacial score (nSPS) is 18.4. The number of ether oxygens (including phenoxy) is 2. The van der Waals surface area contributed by atoms with Crippen LogP contribution in [0.1, 0.15) is 42.1 Å². The van der Waals surface area contributed by atoms with Crippen molar-refractivity contribution in [2.45, 2.75) is 25.4 Å². The zero-order valence-corrected chi connectivity index (χ0v) is 18.2. The van der Waals surface area contributed by atoms with Crippen LogP contribution in [0.2, 0.25) is 0 Å². The summed E-state index contributed by atoms with van der Waals surface area (Å²) in [4.78, 5) is 2.48. The second kappa shape index (κ2) is 9.49. The Morgan fingerprint density at radius 1 is 0.906 bits per heavy atom. The Bertz CT molecular complexity index is 1070. The molecule has 164 valence electrons. The summed E-state index contributed by atoms with van der Waals surface area (Å²) in [5.41, 5.74) is 4.24. The minimum Gasteiger partial charge on any atom is -0.508 e. The Kier molecular flexibility index (Phi) is 6.13. The van der Waals surface area contributed by atoms with Gasteiger partial charge < -0.3 is 14.6 Å². The molecule has 4 heteroatoms. The Morgan fingerprint density at radius 3 is 2.47 bits per heavy atom. The van der Waals surface area contributed by atoms with Gasteiger partial charge in [-0.15, -0.1) is 0 Å². The first kappa shape index (κ1) is 20.7. The molecule has 0 saturated carbocycles. The number of piperidine rings is 1. The number of fused-ring (bicyclic) bond motifs is 1. The molecule has 0 spiro atoms. The molecule has 0 aromatic heterocycles. The summed E-state index contributed by atoms with van der Waals surface area (Å²) >= 11 is 0. The molecule has 3 aromatic rings. The van der Waals surface area contributed by atoms with Gasteiger partial charge >= 0.3 is 0 Å². The molecular formula is C28H29NO3.